The third kappa shape index (κ3) is 4.98. The number of sulfonamides is 1. The molecular formula is C15H24N2O3S. The fourth-order valence-electron chi connectivity index (χ4n) is 2.37. The first-order chi connectivity index (χ1) is 10.1. The Morgan fingerprint density at radius 2 is 1.95 bits per heavy atom. The number of hydrogen-bond acceptors (Lipinski definition) is 4. The van der Waals surface area contributed by atoms with Crippen molar-refractivity contribution < 1.29 is 13.2 Å². The summed E-state index contributed by atoms with van der Waals surface area (Å²) in [6, 6.07) is 7.95. The molecule has 1 fully saturated rings. The van der Waals surface area contributed by atoms with E-state index in [9.17, 15) is 8.42 Å². The predicted molar refractivity (Wildman–Crippen MR) is 85.0 cm³/mol. The minimum absolute atomic E-state index is 0.198. The molecule has 0 spiro atoms. The standard InChI is InChI=1S/C15H24N2O3S/c1-2-3-12-21(18,19)16-13-14-6-4-5-7-15(14)17-8-10-20-11-9-17/h4-7,16H,2-3,8-13H2,1H3. The van der Waals surface area contributed by atoms with Gasteiger partial charge >= 0.3 is 0 Å². The number of nitrogens with zero attached hydrogens (tertiary/aromatic N) is 1. The van der Waals surface area contributed by atoms with E-state index in [-0.39, 0.29) is 5.75 Å². The molecule has 1 aliphatic rings. The molecule has 0 aliphatic carbocycles. The molecule has 0 radical (unpaired) electrons. The average Bonchev–Trinajstić information content (AvgIpc) is 2.52. The van der Waals surface area contributed by atoms with Gasteiger partial charge in [-0.15, -0.1) is 0 Å². The Balaban J connectivity index is 2.03. The van der Waals surface area contributed by atoms with Crippen molar-refractivity contribution in [2.45, 2.75) is 26.3 Å². The summed E-state index contributed by atoms with van der Waals surface area (Å²) in [5.41, 5.74) is 2.11. The lowest BCUT2D eigenvalue weighted by Gasteiger charge is -2.30. The molecule has 0 atom stereocenters. The Morgan fingerprint density at radius 3 is 2.67 bits per heavy atom. The van der Waals surface area contributed by atoms with Crippen LogP contribution in [0, 0.1) is 0 Å². The number of unbranched alkanes of at least 4 members (excludes halogenated alkanes) is 1. The van der Waals surface area contributed by atoms with Crippen LogP contribution in [0.15, 0.2) is 24.3 Å². The molecule has 5 nitrogen and oxygen atoms in total. The van der Waals surface area contributed by atoms with Crippen LogP contribution in [0.1, 0.15) is 25.3 Å². The highest BCUT2D eigenvalue weighted by Crippen LogP contribution is 2.21. The summed E-state index contributed by atoms with van der Waals surface area (Å²) in [5, 5.41) is 0. The van der Waals surface area contributed by atoms with Crippen molar-refractivity contribution in [3.63, 3.8) is 0 Å². The minimum Gasteiger partial charge on any atom is -0.378 e. The van der Waals surface area contributed by atoms with Crippen molar-refractivity contribution in [2.24, 2.45) is 0 Å². The van der Waals surface area contributed by atoms with Gasteiger partial charge in [0.1, 0.15) is 0 Å². The number of ether oxygens (including phenoxy) is 1. The predicted octanol–water partition coefficient (Wildman–Crippen LogP) is 1.74. The molecule has 118 valence electrons. The van der Waals surface area contributed by atoms with Crippen molar-refractivity contribution in [3.8, 4) is 0 Å². The van der Waals surface area contributed by atoms with E-state index in [1.54, 1.807) is 0 Å². The first kappa shape index (κ1) is 16.3. The van der Waals surface area contributed by atoms with Crippen LogP contribution in [0.25, 0.3) is 0 Å². The van der Waals surface area contributed by atoms with Gasteiger partial charge in [0.15, 0.2) is 0 Å². The zero-order valence-electron chi connectivity index (χ0n) is 12.5. The van der Waals surface area contributed by atoms with Crippen LogP contribution < -0.4 is 9.62 Å². The van der Waals surface area contributed by atoms with Gasteiger partial charge in [0.2, 0.25) is 10.0 Å². The van der Waals surface area contributed by atoms with E-state index in [1.165, 1.54) is 0 Å². The fraction of sp³-hybridized carbons (Fsp3) is 0.600. The van der Waals surface area contributed by atoms with Gasteiger partial charge in [0.05, 0.1) is 19.0 Å². The average molecular weight is 312 g/mol. The molecule has 2 rings (SSSR count). The molecule has 0 unspecified atom stereocenters. The highest BCUT2D eigenvalue weighted by atomic mass is 32.2. The number of anilines is 1. The maximum absolute atomic E-state index is 11.9. The van der Waals surface area contributed by atoms with Gasteiger partial charge in [-0.1, -0.05) is 31.5 Å². The molecule has 1 aliphatic heterocycles. The van der Waals surface area contributed by atoms with E-state index in [4.69, 9.17) is 4.74 Å². The molecule has 1 N–H and O–H groups in total. The van der Waals surface area contributed by atoms with Crippen LogP contribution >= 0.6 is 0 Å². The van der Waals surface area contributed by atoms with E-state index in [2.05, 4.69) is 9.62 Å². The normalized spacial score (nSPS) is 16.1. The Morgan fingerprint density at radius 1 is 1.24 bits per heavy atom. The van der Waals surface area contributed by atoms with Gasteiger partial charge in [-0.05, 0) is 18.1 Å². The van der Waals surface area contributed by atoms with Crippen LogP contribution in [0.4, 0.5) is 5.69 Å². The third-order valence-corrected chi connectivity index (χ3v) is 5.00. The minimum atomic E-state index is -3.18. The molecule has 6 heteroatoms. The molecule has 0 bridgehead atoms. The van der Waals surface area contributed by atoms with E-state index < -0.39 is 10.0 Å². The fourth-order valence-corrected chi connectivity index (χ4v) is 3.56. The van der Waals surface area contributed by atoms with E-state index in [0.29, 0.717) is 13.0 Å². The molecule has 0 amide bonds. The van der Waals surface area contributed by atoms with Crippen molar-refractivity contribution in [2.75, 3.05) is 37.0 Å². The van der Waals surface area contributed by atoms with Crippen molar-refractivity contribution in [1.82, 2.24) is 4.72 Å². The van der Waals surface area contributed by atoms with E-state index in [0.717, 1.165) is 44.0 Å². The lowest BCUT2D eigenvalue weighted by molar-refractivity contribution is 0.122. The van der Waals surface area contributed by atoms with E-state index in [1.807, 2.05) is 31.2 Å². The van der Waals surface area contributed by atoms with E-state index >= 15 is 0 Å². The highest BCUT2D eigenvalue weighted by molar-refractivity contribution is 7.89. The zero-order valence-corrected chi connectivity index (χ0v) is 13.4. The first-order valence-electron chi connectivity index (χ1n) is 7.50. The van der Waals surface area contributed by atoms with Gasteiger partial charge in [0.25, 0.3) is 0 Å². The second-order valence-corrected chi connectivity index (χ2v) is 7.15. The van der Waals surface area contributed by atoms with Crippen LogP contribution in [-0.4, -0.2) is 40.5 Å². The van der Waals surface area contributed by atoms with Gasteiger partial charge < -0.3 is 9.64 Å². The molecule has 1 saturated heterocycles. The number of nitrogens with one attached hydrogen (secondary N) is 1. The molecule has 0 aromatic heterocycles. The Kier molecular flexibility index (Phi) is 6.02. The van der Waals surface area contributed by atoms with Gasteiger partial charge in [-0.2, -0.15) is 0 Å². The largest absolute Gasteiger partial charge is 0.378 e. The lowest BCUT2D eigenvalue weighted by Crippen LogP contribution is -2.37. The van der Waals surface area contributed by atoms with Gasteiger partial charge in [-0.3, -0.25) is 0 Å². The van der Waals surface area contributed by atoms with Crippen molar-refractivity contribution >= 4 is 15.7 Å². The number of para-hydroxylation sites is 1. The number of morpholine rings is 1. The van der Waals surface area contributed by atoms with Crippen LogP contribution in [0.2, 0.25) is 0 Å². The molecule has 1 aromatic rings. The van der Waals surface area contributed by atoms with Crippen LogP contribution in [0.5, 0.6) is 0 Å². The third-order valence-electron chi connectivity index (χ3n) is 3.59. The maximum atomic E-state index is 11.9. The maximum Gasteiger partial charge on any atom is 0.211 e. The highest BCUT2D eigenvalue weighted by Gasteiger charge is 2.16. The number of benzene rings is 1. The number of rotatable bonds is 7. The monoisotopic (exact) mass is 312 g/mol. The SMILES string of the molecule is CCCCS(=O)(=O)NCc1ccccc1N1CCOCC1. The summed E-state index contributed by atoms with van der Waals surface area (Å²) in [4.78, 5) is 2.25. The smallest absolute Gasteiger partial charge is 0.211 e. The molecule has 1 aromatic carbocycles. The lowest BCUT2D eigenvalue weighted by atomic mass is 10.1. The molecule has 1 heterocycles. The topological polar surface area (TPSA) is 58.6 Å². The molecule has 0 saturated carbocycles. The Labute approximate surface area is 127 Å². The van der Waals surface area contributed by atoms with Gasteiger partial charge in [-0.25, -0.2) is 13.1 Å². The summed E-state index contributed by atoms with van der Waals surface area (Å²) in [6.07, 6.45) is 1.58. The second kappa shape index (κ2) is 7.77. The van der Waals surface area contributed by atoms with Crippen LogP contribution in [0.3, 0.4) is 0 Å². The second-order valence-electron chi connectivity index (χ2n) is 5.22. The number of hydrogen-bond donors (Lipinski definition) is 1. The quantitative estimate of drug-likeness (QED) is 0.833. The summed E-state index contributed by atoms with van der Waals surface area (Å²) in [5.74, 6) is 0.198. The first-order valence-corrected chi connectivity index (χ1v) is 9.15. The Bertz CT molecular complexity index is 540. The Hall–Kier alpha value is -1.11. The summed E-state index contributed by atoms with van der Waals surface area (Å²) in [6.45, 7) is 5.47. The van der Waals surface area contributed by atoms with Crippen molar-refractivity contribution in [1.29, 1.82) is 0 Å². The zero-order chi connectivity index (χ0) is 15.1. The summed E-state index contributed by atoms with van der Waals surface area (Å²) < 4.78 is 31.9. The van der Waals surface area contributed by atoms with Crippen LogP contribution in [-0.2, 0) is 21.3 Å². The van der Waals surface area contributed by atoms with Gasteiger partial charge in [0, 0.05) is 25.3 Å². The van der Waals surface area contributed by atoms with Crippen molar-refractivity contribution in [3.05, 3.63) is 29.8 Å². The summed E-state index contributed by atoms with van der Waals surface area (Å²) in [7, 11) is -3.18. The molecular weight excluding hydrogens is 288 g/mol. The molecule has 21 heavy (non-hydrogen) atoms. The summed E-state index contributed by atoms with van der Waals surface area (Å²) >= 11 is 0.